The second-order valence-electron chi connectivity index (χ2n) is 8.36. The van der Waals surface area contributed by atoms with Gasteiger partial charge in [0.2, 0.25) is 0 Å². The molecule has 0 aliphatic carbocycles. The molecule has 202 valence electrons. The van der Waals surface area contributed by atoms with Gasteiger partial charge in [-0.3, -0.25) is 9.59 Å². The van der Waals surface area contributed by atoms with Gasteiger partial charge in [-0.25, -0.2) is 9.59 Å². The molecule has 0 spiro atoms. The summed E-state index contributed by atoms with van der Waals surface area (Å²) < 4.78 is 21.5. The van der Waals surface area contributed by atoms with E-state index >= 15 is 0 Å². The Balaban J connectivity index is 3.03. The van der Waals surface area contributed by atoms with Crippen molar-refractivity contribution in [2.75, 3.05) is 41.5 Å². The molecule has 0 fully saturated rings. The summed E-state index contributed by atoms with van der Waals surface area (Å²) in [4.78, 5) is 49.1. The van der Waals surface area contributed by atoms with Gasteiger partial charge in [0, 0.05) is 41.5 Å². The zero-order valence-electron chi connectivity index (χ0n) is 21.6. The number of benzene rings is 1. The summed E-state index contributed by atoms with van der Waals surface area (Å²) in [5.74, 6) is -4.45. The molecule has 0 aliphatic heterocycles. The molecule has 0 unspecified atom stereocenters. The van der Waals surface area contributed by atoms with Gasteiger partial charge in [-0.05, 0) is 50.2 Å². The Morgan fingerprint density at radius 2 is 0.972 bits per heavy atom. The van der Waals surface area contributed by atoms with E-state index in [0.717, 1.165) is 12.1 Å². The van der Waals surface area contributed by atoms with Crippen molar-refractivity contribution in [1.82, 2.24) is 10.6 Å². The fourth-order valence-corrected chi connectivity index (χ4v) is 6.11. The first kappa shape index (κ1) is 31.4. The van der Waals surface area contributed by atoms with Gasteiger partial charge in [-0.2, -0.15) is 0 Å². The first-order valence-corrected chi connectivity index (χ1v) is 16.3. The molecule has 2 amide bonds. The van der Waals surface area contributed by atoms with E-state index in [2.05, 4.69) is 10.6 Å². The highest BCUT2D eigenvalue weighted by Gasteiger charge is 2.30. The van der Waals surface area contributed by atoms with Crippen LogP contribution in [0.5, 0.6) is 0 Å². The van der Waals surface area contributed by atoms with Crippen LogP contribution in [0.3, 0.4) is 0 Å². The largest absolute Gasteiger partial charge is 0.478 e. The lowest BCUT2D eigenvalue weighted by atomic mass is 9.97. The second kappa shape index (κ2) is 14.2. The molecule has 0 radical (unpaired) electrons. The maximum Gasteiger partial charge on any atom is 0.336 e. The second-order valence-corrected chi connectivity index (χ2v) is 15.5. The summed E-state index contributed by atoms with van der Waals surface area (Å²) >= 11 is 0. The highest BCUT2D eigenvalue weighted by atomic mass is 28.4. The van der Waals surface area contributed by atoms with Crippen LogP contribution in [0.1, 0.15) is 54.3 Å². The summed E-state index contributed by atoms with van der Waals surface area (Å²) in [6, 6.07) is 3.00. The van der Waals surface area contributed by atoms with Crippen LogP contribution < -0.4 is 10.6 Å². The van der Waals surface area contributed by atoms with Crippen molar-refractivity contribution >= 4 is 40.9 Å². The van der Waals surface area contributed by atoms with Gasteiger partial charge < -0.3 is 38.6 Å². The molecule has 0 aromatic heterocycles. The molecule has 0 bridgehead atoms. The molecular weight excluding hydrogens is 508 g/mol. The molecule has 12 nitrogen and oxygen atoms in total. The van der Waals surface area contributed by atoms with Crippen LogP contribution in [0.15, 0.2) is 12.1 Å². The van der Waals surface area contributed by atoms with Gasteiger partial charge in [0.25, 0.3) is 11.8 Å². The average Bonchev–Trinajstić information content (AvgIpc) is 2.87. The Labute approximate surface area is 212 Å². The standard InChI is InChI=1S/C22H36N2O10Si2/c1-31-35(5,32-2)11-7-9-23-19(25)15-13-18(22(29)30)16(14-17(15)21(27)28)20(26)24-10-8-12-36(6,33-3)34-4/h13-14H,7-12H2,1-6H3,(H,23,25)(H,24,26)(H,27,28)(H,29,30). The molecule has 0 heterocycles. The number of carbonyl (C=O) groups excluding carboxylic acids is 2. The van der Waals surface area contributed by atoms with Gasteiger partial charge in [0.05, 0.1) is 22.3 Å². The molecule has 1 rings (SSSR count). The molecule has 0 saturated carbocycles. The average molecular weight is 545 g/mol. The summed E-state index contributed by atoms with van der Waals surface area (Å²) in [5, 5.41) is 24.5. The van der Waals surface area contributed by atoms with E-state index in [0.29, 0.717) is 24.9 Å². The van der Waals surface area contributed by atoms with Gasteiger partial charge in [-0.1, -0.05) is 0 Å². The van der Waals surface area contributed by atoms with Crippen LogP contribution in [-0.2, 0) is 17.7 Å². The zero-order chi connectivity index (χ0) is 27.5. The number of amides is 2. The van der Waals surface area contributed by atoms with E-state index in [1.165, 1.54) is 0 Å². The lowest BCUT2D eigenvalue weighted by Gasteiger charge is -2.22. The molecule has 0 saturated heterocycles. The van der Waals surface area contributed by atoms with Crippen molar-refractivity contribution in [2.45, 2.75) is 38.0 Å². The fourth-order valence-electron chi connectivity index (χ4n) is 3.32. The maximum atomic E-state index is 12.7. The van der Waals surface area contributed by atoms with Crippen LogP contribution in [-0.4, -0.2) is 92.6 Å². The Morgan fingerprint density at radius 3 is 1.22 bits per heavy atom. The molecular formula is C22H36N2O10Si2. The van der Waals surface area contributed by atoms with E-state index in [1.54, 1.807) is 28.4 Å². The lowest BCUT2D eigenvalue weighted by Crippen LogP contribution is -2.37. The maximum absolute atomic E-state index is 12.7. The number of carboxylic acid groups (broad SMARTS) is 2. The zero-order valence-corrected chi connectivity index (χ0v) is 23.6. The molecule has 1 aromatic rings. The molecule has 4 N–H and O–H groups in total. The number of nitrogens with one attached hydrogen (secondary N) is 2. The SMILES string of the molecule is CO[Si](C)(CCCNC(=O)c1cc(C(=O)O)c(C(=O)NCCC[Si](C)(OC)OC)cc1C(=O)O)OC. The van der Waals surface area contributed by atoms with Crippen molar-refractivity contribution in [1.29, 1.82) is 0 Å². The summed E-state index contributed by atoms with van der Waals surface area (Å²) in [6.45, 7) is 4.14. The van der Waals surface area contributed by atoms with Gasteiger partial charge in [0.15, 0.2) is 0 Å². The van der Waals surface area contributed by atoms with Crippen molar-refractivity contribution in [3.63, 3.8) is 0 Å². The van der Waals surface area contributed by atoms with Crippen LogP contribution >= 0.6 is 0 Å². The van der Waals surface area contributed by atoms with Crippen molar-refractivity contribution in [3.05, 3.63) is 34.4 Å². The Kier molecular flexibility index (Phi) is 12.4. The Morgan fingerprint density at radius 1 is 0.667 bits per heavy atom. The highest BCUT2D eigenvalue weighted by Crippen LogP contribution is 2.20. The van der Waals surface area contributed by atoms with E-state index in [1.807, 2.05) is 13.1 Å². The number of carbonyl (C=O) groups is 4. The van der Waals surface area contributed by atoms with Crippen LogP contribution in [0, 0.1) is 0 Å². The van der Waals surface area contributed by atoms with Crippen molar-refractivity contribution < 1.29 is 47.1 Å². The summed E-state index contributed by atoms with van der Waals surface area (Å²) in [6.07, 6.45) is 1.03. The topological polar surface area (TPSA) is 170 Å². The van der Waals surface area contributed by atoms with E-state index in [-0.39, 0.29) is 24.2 Å². The molecule has 14 heteroatoms. The smallest absolute Gasteiger partial charge is 0.336 e. The number of rotatable bonds is 16. The van der Waals surface area contributed by atoms with Crippen LogP contribution in [0.2, 0.25) is 25.2 Å². The molecule has 36 heavy (non-hydrogen) atoms. The predicted molar refractivity (Wildman–Crippen MR) is 135 cm³/mol. The minimum Gasteiger partial charge on any atom is -0.478 e. The normalized spacial score (nSPS) is 11.7. The first-order valence-electron chi connectivity index (χ1n) is 11.3. The predicted octanol–water partition coefficient (Wildman–Crippen LogP) is 2.05. The third-order valence-electron chi connectivity index (χ3n) is 6.02. The third kappa shape index (κ3) is 8.79. The number of carboxylic acids is 2. The summed E-state index contributed by atoms with van der Waals surface area (Å²) in [5.41, 5.74) is -1.66. The minimum atomic E-state index is -2.33. The quantitative estimate of drug-likeness (QED) is 0.178. The Hall–Kier alpha value is -2.63. The number of hydrogen-bond donors (Lipinski definition) is 4. The fraction of sp³-hybridized carbons (Fsp3) is 0.545. The molecule has 1 aromatic carbocycles. The van der Waals surface area contributed by atoms with Crippen LogP contribution in [0.4, 0.5) is 0 Å². The van der Waals surface area contributed by atoms with E-state index in [4.69, 9.17) is 17.7 Å². The third-order valence-corrected chi connectivity index (χ3v) is 12.0. The van der Waals surface area contributed by atoms with Crippen LogP contribution in [0.25, 0.3) is 0 Å². The van der Waals surface area contributed by atoms with Crippen molar-refractivity contribution in [3.8, 4) is 0 Å². The highest BCUT2D eigenvalue weighted by molar-refractivity contribution is 6.66. The first-order chi connectivity index (χ1) is 16.9. The van der Waals surface area contributed by atoms with Gasteiger partial charge in [0.1, 0.15) is 0 Å². The Bertz CT molecular complexity index is 873. The number of hydrogen-bond acceptors (Lipinski definition) is 8. The van der Waals surface area contributed by atoms with E-state index < -0.39 is 52.0 Å². The number of aromatic carboxylic acids is 2. The monoisotopic (exact) mass is 544 g/mol. The molecule has 0 aliphatic rings. The van der Waals surface area contributed by atoms with Gasteiger partial charge >= 0.3 is 29.1 Å². The lowest BCUT2D eigenvalue weighted by molar-refractivity contribution is 0.0675. The minimum absolute atomic E-state index is 0.197. The van der Waals surface area contributed by atoms with E-state index in [9.17, 15) is 29.4 Å². The van der Waals surface area contributed by atoms with Crippen molar-refractivity contribution in [2.24, 2.45) is 0 Å². The van der Waals surface area contributed by atoms with Gasteiger partial charge in [-0.15, -0.1) is 0 Å². The molecule has 0 atom stereocenters. The summed E-state index contributed by atoms with van der Waals surface area (Å²) in [7, 11) is 1.55.